The zero-order valence-electron chi connectivity index (χ0n) is 18.1. The first-order valence-electron chi connectivity index (χ1n) is 10.9. The Hall–Kier alpha value is -4.01. The zero-order chi connectivity index (χ0) is 22.4. The molecule has 1 nitrogen and oxygen atoms in total. The summed E-state index contributed by atoms with van der Waals surface area (Å²) in [5.74, 6) is 0. The molecule has 0 aliphatic heterocycles. The van der Waals surface area contributed by atoms with Crippen LogP contribution in [0.1, 0.15) is 11.1 Å². The molecule has 5 aromatic rings. The molecular weight excluding hydrogens is 418 g/mol. The highest BCUT2D eigenvalue weighted by atomic mass is 32.1. The molecule has 6 rings (SSSR count). The van der Waals surface area contributed by atoms with E-state index in [1.165, 1.54) is 36.9 Å². The molecular formula is C31H21NS. The first-order valence-corrected chi connectivity index (χ1v) is 11.8. The van der Waals surface area contributed by atoms with Crippen LogP contribution in [-0.2, 0) is 0 Å². The Kier molecular flexibility index (Phi) is 4.67. The fourth-order valence-corrected chi connectivity index (χ4v) is 5.82. The van der Waals surface area contributed by atoms with Crippen molar-refractivity contribution < 1.29 is 0 Å². The molecule has 1 aliphatic rings. The lowest BCUT2D eigenvalue weighted by Crippen LogP contribution is -2.10. The highest BCUT2D eigenvalue weighted by molar-refractivity contribution is 7.25. The molecule has 0 bridgehead atoms. The Labute approximate surface area is 197 Å². The number of nitrogens with zero attached hydrogens (tertiary/aromatic N) is 1. The number of hydrogen-bond donors (Lipinski definition) is 0. The van der Waals surface area contributed by atoms with Crippen LogP contribution in [0.15, 0.2) is 121 Å². The summed E-state index contributed by atoms with van der Waals surface area (Å²) in [6, 6.07) is 30.5. The van der Waals surface area contributed by atoms with E-state index >= 15 is 0 Å². The predicted molar refractivity (Wildman–Crippen MR) is 145 cm³/mol. The van der Waals surface area contributed by atoms with Crippen LogP contribution >= 0.6 is 11.3 Å². The zero-order valence-corrected chi connectivity index (χ0v) is 18.9. The summed E-state index contributed by atoms with van der Waals surface area (Å²) >= 11 is 1.85. The minimum Gasteiger partial charge on any atom is -0.256 e. The summed E-state index contributed by atoms with van der Waals surface area (Å²) in [7, 11) is 0. The molecule has 0 N–H and O–H groups in total. The SMILES string of the molecule is C=CN=C1C(=C)C=Cc2cccc(-c3ccccc3-c3ccc4sc5ccccc5c4c3)c21. The number of allylic oxidation sites excluding steroid dienone is 2. The summed E-state index contributed by atoms with van der Waals surface area (Å²) < 4.78 is 2.64. The maximum absolute atomic E-state index is 4.59. The lowest BCUT2D eigenvalue weighted by molar-refractivity contribution is 1.48. The van der Waals surface area contributed by atoms with Crippen molar-refractivity contribution in [2.45, 2.75) is 0 Å². The van der Waals surface area contributed by atoms with Crippen molar-refractivity contribution in [3.05, 3.63) is 127 Å². The molecule has 0 fully saturated rings. The molecule has 1 aliphatic carbocycles. The van der Waals surface area contributed by atoms with Crippen molar-refractivity contribution >= 4 is 43.3 Å². The van der Waals surface area contributed by atoms with Crippen molar-refractivity contribution in [2.75, 3.05) is 0 Å². The average Bonchev–Trinajstić information content (AvgIpc) is 3.23. The van der Waals surface area contributed by atoms with E-state index in [4.69, 9.17) is 0 Å². The van der Waals surface area contributed by atoms with Gasteiger partial charge in [-0.25, -0.2) is 0 Å². The second-order valence-electron chi connectivity index (χ2n) is 8.14. The van der Waals surface area contributed by atoms with Gasteiger partial charge in [0, 0.05) is 31.9 Å². The molecule has 0 spiro atoms. The Morgan fingerprint density at radius 2 is 1.45 bits per heavy atom. The van der Waals surface area contributed by atoms with Crippen LogP contribution in [0.5, 0.6) is 0 Å². The van der Waals surface area contributed by atoms with Crippen molar-refractivity contribution in [1.29, 1.82) is 0 Å². The van der Waals surface area contributed by atoms with Crippen LogP contribution in [-0.4, -0.2) is 5.71 Å². The van der Waals surface area contributed by atoms with Crippen molar-refractivity contribution in [3.63, 3.8) is 0 Å². The number of fused-ring (bicyclic) bond motifs is 4. The number of rotatable bonds is 3. The largest absolute Gasteiger partial charge is 0.256 e. The van der Waals surface area contributed by atoms with Gasteiger partial charge in [0.15, 0.2) is 0 Å². The van der Waals surface area contributed by atoms with Gasteiger partial charge in [0.25, 0.3) is 0 Å². The van der Waals surface area contributed by atoms with E-state index in [0.717, 1.165) is 28.0 Å². The molecule has 1 heterocycles. The summed E-state index contributed by atoms with van der Waals surface area (Å²) in [6.45, 7) is 8.05. The van der Waals surface area contributed by atoms with E-state index in [2.05, 4.69) is 109 Å². The summed E-state index contributed by atoms with van der Waals surface area (Å²) in [6.07, 6.45) is 5.74. The van der Waals surface area contributed by atoms with Gasteiger partial charge in [-0.1, -0.05) is 92.0 Å². The number of hydrogen-bond acceptors (Lipinski definition) is 2. The van der Waals surface area contributed by atoms with E-state index < -0.39 is 0 Å². The molecule has 0 unspecified atom stereocenters. The summed E-state index contributed by atoms with van der Waals surface area (Å²) in [5.41, 5.74) is 8.81. The maximum Gasteiger partial charge on any atom is 0.0780 e. The van der Waals surface area contributed by atoms with Gasteiger partial charge in [-0.15, -0.1) is 11.3 Å². The molecule has 0 saturated carbocycles. The second kappa shape index (κ2) is 7.84. The first kappa shape index (κ1) is 19.7. The van der Waals surface area contributed by atoms with Crippen LogP contribution in [0.25, 0.3) is 48.5 Å². The van der Waals surface area contributed by atoms with Crippen LogP contribution in [0.3, 0.4) is 0 Å². The van der Waals surface area contributed by atoms with Crippen LogP contribution in [0.2, 0.25) is 0 Å². The predicted octanol–water partition coefficient (Wildman–Crippen LogP) is 8.90. The number of thiophene rings is 1. The smallest absolute Gasteiger partial charge is 0.0780 e. The van der Waals surface area contributed by atoms with Crippen molar-refractivity contribution in [3.8, 4) is 22.3 Å². The van der Waals surface area contributed by atoms with E-state index in [0.29, 0.717) is 0 Å². The van der Waals surface area contributed by atoms with Crippen molar-refractivity contribution in [1.82, 2.24) is 0 Å². The lowest BCUT2D eigenvalue weighted by atomic mass is 9.84. The van der Waals surface area contributed by atoms with Gasteiger partial charge in [0.05, 0.1) is 5.71 Å². The van der Waals surface area contributed by atoms with E-state index in [9.17, 15) is 0 Å². The van der Waals surface area contributed by atoms with Crippen LogP contribution in [0, 0.1) is 0 Å². The Balaban J connectivity index is 1.60. The Morgan fingerprint density at radius 3 is 2.33 bits per heavy atom. The monoisotopic (exact) mass is 439 g/mol. The topological polar surface area (TPSA) is 12.4 Å². The molecule has 1 aromatic heterocycles. The third kappa shape index (κ3) is 3.19. The minimum absolute atomic E-state index is 0.882. The number of benzene rings is 4. The quantitative estimate of drug-likeness (QED) is 0.266. The standard InChI is InChI=1S/C31H21NS/c1-3-32-31-20(2)15-16-21-9-8-13-26(30(21)31)24-11-5-4-10-23(24)22-17-18-29-27(19-22)25-12-6-7-14-28(25)33-29/h3-19H,1-2H2. The third-order valence-corrected chi connectivity index (χ3v) is 7.38. The summed E-state index contributed by atoms with van der Waals surface area (Å²) in [4.78, 5) is 4.59. The van der Waals surface area contributed by atoms with Gasteiger partial charge in [-0.3, -0.25) is 4.99 Å². The molecule has 0 radical (unpaired) electrons. The highest BCUT2D eigenvalue weighted by Gasteiger charge is 2.21. The fourth-order valence-electron chi connectivity index (χ4n) is 4.73. The molecule has 33 heavy (non-hydrogen) atoms. The molecule has 4 aromatic carbocycles. The normalized spacial score (nSPS) is 14.2. The third-order valence-electron chi connectivity index (χ3n) is 6.23. The van der Waals surface area contributed by atoms with Gasteiger partial charge in [-0.2, -0.15) is 0 Å². The lowest BCUT2D eigenvalue weighted by Gasteiger charge is -2.21. The van der Waals surface area contributed by atoms with Crippen LogP contribution in [0.4, 0.5) is 0 Å². The van der Waals surface area contributed by atoms with Crippen molar-refractivity contribution in [2.24, 2.45) is 4.99 Å². The van der Waals surface area contributed by atoms with Gasteiger partial charge in [0.2, 0.25) is 0 Å². The summed E-state index contributed by atoms with van der Waals surface area (Å²) in [5, 5.41) is 2.62. The second-order valence-corrected chi connectivity index (χ2v) is 9.23. The Bertz CT molecular complexity index is 1640. The van der Waals surface area contributed by atoms with E-state index in [1.807, 2.05) is 17.4 Å². The number of aliphatic imine (C=N–C) groups is 1. The maximum atomic E-state index is 4.59. The highest BCUT2D eigenvalue weighted by Crippen LogP contribution is 2.41. The molecule has 156 valence electrons. The molecule has 0 amide bonds. The molecule has 0 saturated heterocycles. The van der Waals surface area contributed by atoms with E-state index in [-0.39, 0.29) is 0 Å². The molecule has 2 heteroatoms. The van der Waals surface area contributed by atoms with E-state index in [1.54, 1.807) is 6.20 Å². The van der Waals surface area contributed by atoms with Gasteiger partial charge < -0.3 is 0 Å². The first-order chi connectivity index (χ1) is 16.2. The van der Waals surface area contributed by atoms with Gasteiger partial charge in [0.1, 0.15) is 0 Å². The Morgan fingerprint density at radius 1 is 0.697 bits per heavy atom. The fraction of sp³-hybridized carbons (Fsp3) is 0. The average molecular weight is 440 g/mol. The van der Waals surface area contributed by atoms with Crippen LogP contribution < -0.4 is 0 Å². The minimum atomic E-state index is 0.882. The molecule has 0 atom stereocenters. The van der Waals surface area contributed by atoms with Gasteiger partial charge in [-0.05, 0) is 51.6 Å². The van der Waals surface area contributed by atoms with Gasteiger partial charge >= 0.3 is 0 Å².